The summed E-state index contributed by atoms with van der Waals surface area (Å²) in [6, 6.07) is 8.83. The number of aromatic amines is 1. The molecular formula is C26H29N. The second kappa shape index (κ2) is 6.12. The molecule has 27 heavy (non-hydrogen) atoms. The Hall–Kier alpha value is -2.28. The lowest BCUT2D eigenvalue weighted by Gasteiger charge is -2.44. The molecule has 138 valence electrons. The van der Waals surface area contributed by atoms with Crippen LogP contribution in [0.15, 0.2) is 59.2 Å². The van der Waals surface area contributed by atoms with Crippen LogP contribution in [-0.4, -0.2) is 4.98 Å². The minimum atomic E-state index is 0.257. The van der Waals surface area contributed by atoms with E-state index >= 15 is 0 Å². The molecule has 0 fully saturated rings. The molecule has 0 aliphatic heterocycles. The topological polar surface area (TPSA) is 15.8 Å². The maximum atomic E-state index is 3.72. The smallest absolute Gasteiger partial charge is 0.0470 e. The van der Waals surface area contributed by atoms with Crippen LogP contribution in [0.25, 0.3) is 22.6 Å². The summed E-state index contributed by atoms with van der Waals surface area (Å²) in [7, 11) is 0. The van der Waals surface area contributed by atoms with E-state index in [2.05, 4.69) is 74.3 Å². The fraction of sp³-hybridized carbons (Fsp3) is 0.385. The van der Waals surface area contributed by atoms with E-state index in [0.29, 0.717) is 5.92 Å². The Morgan fingerprint density at radius 2 is 1.93 bits per heavy atom. The summed E-state index contributed by atoms with van der Waals surface area (Å²) < 4.78 is 0. The lowest BCUT2D eigenvalue weighted by molar-refractivity contribution is 0.248. The highest BCUT2D eigenvalue weighted by Crippen LogP contribution is 2.51. The molecule has 0 radical (unpaired) electrons. The highest BCUT2D eigenvalue weighted by Gasteiger charge is 2.39. The highest BCUT2D eigenvalue weighted by molar-refractivity contribution is 5.86. The summed E-state index contributed by atoms with van der Waals surface area (Å²) in [5.41, 5.74) is 7.72. The molecule has 1 aromatic carbocycles. The van der Waals surface area contributed by atoms with Gasteiger partial charge in [0.1, 0.15) is 0 Å². The molecule has 0 amide bonds. The quantitative estimate of drug-likeness (QED) is 0.639. The molecule has 3 aliphatic rings. The molecule has 1 nitrogen and oxygen atoms in total. The third-order valence-corrected chi connectivity index (χ3v) is 7.09. The largest absolute Gasteiger partial charge is 0.354 e. The van der Waals surface area contributed by atoms with Gasteiger partial charge >= 0.3 is 0 Å². The van der Waals surface area contributed by atoms with Crippen LogP contribution in [-0.2, 0) is 0 Å². The minimum Gasteiger partial charge on any atom is -0.354 e. The molecule has 1 N–H and O–H groups in total. The van der Waals surface area contributed by atoms with Gasteiger partial charge in [0.15, 0.2) is 0 Å². The second-order valence-corrected chi connectivity index (χ2v) is 9.06. The number of H-pyrrole nitrogens is 1. The van der Waals surface area contributed by atoms with Gasteiger partial charge in [0.05, 0.1) is 0 Å². The Kier molecular flexibility index (Phi) is 3.82. The average molecular weight is 356 g/mol. The third-order valence-electron chi connectivity index (χ3n) is 7.09. The van der Waals surface area contributed by atoms with Crippen molar-refractivity contribution in [1.29, 1.82) is 0 Å². The Labute approximate surface area is 161 Å². The van der Waals surface area contributed by atoms with Gasteiger partial charge in [0.25, 0.3) is 0 Å². The van der Waals surface area contributed by atoms with Gasteiger partial charge in [0.2, 0.25) is 0 Å². The maximum absolute atomic E-state index is 3.72. The number of allylic oxidation sites excluding steroid dienone is 6. The second-order valence-electron chi connectivity index (χ2n) is 9.06. The molecule has 0 spiro atoms. The van der Waals surface area contributed by atoms with E-state index in [1.807, 2.05) is 0 Å². The Morgan fingerprint density at radius 1 is 1.07 bits per heavy atom. The first-order valence-electron chi connectivity index (χ1n) is 10.4. The Morgan fingerprint density at radius 3 is 2.81 bits per heavy atom. The van der Waals surface area contributed by atoms with E-state index in [4.69, 9.17) is 0 Å². The molecule has 2 bridgehead atoms. The zero-order valence-electron chi connectivity index (χ0n) is 16.7. The monoisotopic (exact) mass is 355 g/mol. The summed E-state index contributed by atoms with van der Waals surface area (Å²) in [6.45, 7) is 7.20. The van der Waals surface area contributed by atoms with Crippen molar-refractivity contribution in [2.24, 2.45) is 11.3 Å². The summed E-state index contributed by atoms with van der Waals surface area (Å²) in [5.74, 6) is 0.692. The lowest BCUT2D eigenvalue weighted by atomic mass is 9.60. The zero-order chi connectivity index (χ0) is 18.6. The average Bonchev–Trinajstić information content (AvgIpc) is 3.01. The van der Waals surface area contributed by atoms with Gasteiger partial charge in [-0.2, -0.15) is 0 Å². The highest BCUT2D eigenvalue weighted by atomic mass is 14.7. The number of fused-ring (bicyclic) bond motifs is 6. The Balaban J connectivity index is 1.98. The third kappa shape index (κ3) is 2.59. The predicted molar refractivity (Wildman–Crippen MR) is 116 cm³/mol. The first-order valence-corrected chi connectivity index (χ1v) is 10.4. The molecule has 0 saturated heterocycles. The van der Waals surface area contributed by atoms with E-state index in [-0.39, 0.29) is 5.41 Å². The van der Waals surface area contributed by atoms with Crippen LogP contribution < -0.4 is 10.6 Å². The fourth-order valence-electron chi connectivity index (χ4n) is 5.54. The van der Waals surface area contributed by atoms with Crippen LogP contribution in [0.1, 0.15) is 52.9 Å². The molecule has 1 aromatic heterocycles. The number of hydrogen-bond acceptors (Lipinski definition) is 0. The number of para-hydroxylation sites is 1. The lowest BCUT2D eigenvalue weighted by Crippen LogP contribution is -2.36. The van der Waals surface area contributed by atoms with Gasteiger partial charge < -0.3 is 4.98 Å². The Bertz CT molecular complexity index is 1130. The predicted octanol–water partition coefficient (Wildman–Crippen LogP) is 5.53. The molecule has 1 unspecified atom stereocenters. The summed E-state index contributed by atoms with van der Waals surface area (Å²) >= 11 is 0. The molecule has 1 heterocycles. The molecule has 1 heteroatoms. The molecule has 0 saturated carbocycles. The fourth-order valence-corrected chi connectivity index (χ4v) is 5.54. The number of nitrogens with one attached hydrogen (secondary N) is 1. The van der Waals surface area contributed by atoms with E-state index in [0.717, 1.165) is 0 Å². The summed E-state index contributed by atoms with van der Waals surface area (Å²) in [5, 5.41) is 4.14. The summed E-state index contributed by atoms with van der Waals surface area (Å²) in [4.78, 5) is 3.72. The first-order chi connectivity index (χ1) is 13.1. The van der Waals surface area contributed by atoms with Crippen molar-refractivity contribution in [3.63, 3.8) is 0 Å². The molecular weight excluding hydrogens is 326 g/mol. The van der Waals surface area contributed by atoms with E-state index in [1.165, 1.54) is 59.1 Å². The number of rotatable bonds is 0. The van der Waals surface area contributed by atoms with Gasteiger partial charge in [-0.25, -0.2) is 0 Å². The number of hydrogen-bond donors (Lipinski definition) is 1. The molecule has 1 atom stereocenters. The molecule has 5 rings (SSSR count). The normalized spacial score (nSPS) is 27.4. The van der Waals surface area contributed by atoms with Crippen LogP contribution in [0.3, 0.4) is 0 Å². The van der Waals surface area contributed by atoms with Crippen LogP contribution in [0, 0.1) is 11.3 Å². The standard InChI is InChI=1S/C26H29N/c1-17-9-8-10-18-16-21(19-11-4-6-13-22(19)26(18,2)3)25-20-12-5-7-14-23(20)27-24(25)15-17/h5-7,9,12-15,18,27H,4,8,10-11,16H2,1-3H3/b17-9+,24-15+,25-21?. The van der Waals surface area contributed by atoms with Crippen molar-refractivity contribution >= 4 is 22.6 Å². The van der Waals surface area contributed by atoms with Crippen molar-refractivity contribution in [3.8, 4) is 0 Å². The van der Waals surface area contributed by atoms with Gasteiger partial charge in [-0.1, -0.05) is 55.8 Å². The van der Waals surface area contributed by atoms with Crippen molar-refractivity contribution in [3.05, 3.63) is 69.8 Å². The van der Waals surface area contributed by atoms with Crippen molar-refractivity contribution < 1.29 is 0 Å². The SMILES string of the molecule is CC1=C\CCC2CC(=c3/c([nH]c4ccccc34)=C\1)C1=C(C=CCC1)C2(C)C. The van der Waals surface area contributed by atoms with Crippen LogP contribution in [0.5, 0.6) is 0 Å². The van der Waals surface area contributed by atoms with Gasteiger partial charge in [-0.15, -0.1) is 0 Å². The van der Waals surface area contributed by atoms with Gasteiger partial charge in [-0.3, -0.25) is 0 Å². The first kappa shape index (κ1) is 16.9. The van der Waals surface area contributed by atoms with Crippen LogP contribution >= 0.6 is 0 Å². The molecule has 2 aromatic rings. The summed E-state index contributed by atoms with van der Waals surface area (Å²) in [6.07, 6.45) is 15.6. The number of benzene rings is 1. The molecule has 3 aliphatic carbocycles. The zero-order valence-corrected chi connectivity index (χ0v) is 16.7. The van der Waals surface area contributed by atoms with E-state index in [1.54, 1.807) is 16.7 Å². The maximum Gasteiger partial charge on any atom is 0.0470 e. The van der Waals surface area contributed by atoms with E-state index < -0.39 is 0 Å². The van der Waals surface area contributed by atoms with Crippen LogP contribution in [0.4, 0.5) is 0 Å². The van der Waals surface area contributed by atoms with Crippen LogP contribution in [0.2, 0.25) is 0 Å². The minimum absolute atomic E-state index is 0.257. The van der Waals surface area contributed by atoms with E-state index in [9.17, 15) is 0 Å². The van der Waals surface area contributed by atoms with Crippen molar-refractivity contribution in [2.45, 2.75) is 52.9 Å². The van der Waals surface area contributed by atoms with Gasteiger partial charge in [0, 0.05) is 21.5 Å². The van der Waals surface area contributed by atoms with Crippen molar-refractivity contribution in [2.75, 3.05) is 0 Å². The van der Waals surface area contributed by atoms with Gasteiger partial charge in [-0.05, 0) is 79.2 Å². The van der Waals surface area contributed by atoms with Crippen molar-refractivity contribution in [1.82, 2.24) is 4.98 Å². The number of aromatic nitrogens is 1.